The van der Waals surface area contributed by atoms with Crippen LogP contribution in [0, 0.1) is 6.92 Å². The molecule has 8 heteroatoms. The number of benzene rings is 1. The molecule has 6 nitrogen and oxygen atoms in total. The van der Waals surface area contributed by atoms with Crippen molar-refractivity contribution in [2.24, 2.45) is 0 Å². The van der Waals surface area contributed by atoms with Crippen molar-refractivity contribution in [2.75, 3.05) is 25.0 Å². The van der Waals surface area contributed by atoms with Crippen LogP contribution >= 0.6 is 11.6 Å². The lowest BCUT2D eigenvalue weighted by molar-refractivity contribution is -0.117. The summed E-state index contributed by atoms with van der Waals surface area (Å²) >= 11 is 6.07. The highest BCUT2D eigenvalue weighted by molar-refractivity contribution is 7.89. The van der Waals surface area contributed by atoms with Gasteiger partial charge < -0.3 is 10.6 Å². The molecule has 0 radical (unpaired) electrons. The van der Waals surface area contributed by atoms with E-state index in [4.69, 9.17) is 11.6 Å². The van der Waals surface area contributed by atoms with Crippen molar-refractivity contribution in [3.8, 4) is 0 Å². The van der Waals surface area contributed by atoms with Gasteiger partial charge >= 0.3 is 0 Å². The van der Waals surface area contributed by atoms with Crippen LogP contribution in [-0.4, -0.2) is 49.6 Å². The number of carbonyl (C=O) groups excluding carboxylic acids is 1. The summed E-state index contributed by atoms with van der Waals surface area (Å²) in [5.74, 6) is -0.226. The van der Waals surface area contributed by atoms with E-state index >= 15 is 0 Å². The van der Waals surface area contributed by atoms with Crippen LogP contribution in [0.1, 0.15) is 31.2 Å². The molecule has 2 atom stereocenters. The first kappa shape index (κ1) is 18.6. The standard InChI is InChI=1S/C17H24ClN3O3S/c1-12-5-6-13(9-15(12)18)20-17(22)16-10-14(11-19-16)25(23,24)21-7-3-2-4-8-21/h5-6,9,14,16,19H,2-4,7-8,10-11H2,1H3,(H,20,22). The fourth-order valence-corrected chi connectivity index (χ4v) is 5.47. The van der Waals surface area contributed by atoms with Crippen LogP contribution in [0.4, 0.5) is 5.69 Å². The number of hydrogen-bond acceptors (Lipinski definition) is 4. The van der Waals surface area contributed by atoms with Gasteiger partial charge in [0.1, 0.15) is 0 Å². The fraction of sp³-hybridized carbons (Fsp3) is 0.588. The van der Waals surface area contributed by atoms with Gasteiger partial charge in [-0.05, 0) is 43.9 Å². The van der Waals surface area contributed by atoms with Crippen LogP contribution in [0.5, 0.6) is 0 Å². The summed E-state index contributed by atoms with van der Waals surface area (Å²) in [5, 5.41) is 5.90. The molecule has 0 aromatic heterocycles. The quantitative estimate of drug-likeness (QED) is 0.832. The van der Waals surface area contributed by atoms with Crippen LogP contribution in [0.2, 0.25) is 5.02 Å². The molecule has 1 amide bonds. The highest BCUT2D eigenvalue weighted by Gasteiger charge is 2.40. The van der Waals surface area contributed by atoms with Crippen molar-refractivity contribution in [1.82, 2.24) is 9.62 Å². The molecule has 2 fully saturated rings. The van der Waals surface area contributed by atoms with E-state index in [1.807, 2.05) is 13.0 Å². The molecule has 25 heavy (non-hydrogen) atoms. The number of halogens is 1. The number of nitrogens with one attached hydrogen (secondary N) is 2. The van der Waals surface area contributed by atoms with Crippen molar-refractivity contribution in [1.29, 1.82) is 0 Å². The Kier molecular flexibility index (Phi) is 5.68. The Morgan fingerprint density at radius 1 is 1.28 bits per heavy atom. The molecule has 2 aliphatic rings. The molecule has 2 unspecified atom stereocenters. The van der Waals surface area contributed by atoms with Gasteiger partial charge in [-0.15, -0.1) is 0 Å². The fourth-order valence-electron chi connectivity index (χ4n) is 3.36. The van der Waals surface area contributed by atoms with Crippen molar-refractivity contribution in [3.05, 3.63) is 28.8 Å². The molecular weight excluding hydrogens is 362 g/mol. The predicted molar refractivity (Wildman–Crippen MR) is 99.4 cm³/mol. The Hall–Kier alpha value is -1.15. The van der Waals surface area contributed by atoms with Gasteiger partial charge in [-0.25, -0.2) is 12.7 Å². The molecule has 2 saturated heterocycles. The van der Waals surface area contributed by atoms with Gasteiger partial charge in [0.2, 0.25) is 15.9 Å². The summed E-state index contributed by atoms with van der Waals surface area (Å²) in [6.45, 7) is 3.39. The highest BCUT2D eigenvalue weighted by atomic mass is 35.5. The molecule has 2 N–H and O–H groups in total. The first-order chi connectivity index (χ1) is 11.9. The zero-order valence-electron chi connectivity index (χ0n) is 14.3. The smallest absolute Gasteiger partial charge is 0.241 e. The highest BCUT2D eigenvalue weighted by Crippen LogP contribution is 2.24. The summed E-state index contributed by atoms with van der Waals surface area (Å²) in [6.07, 6.45) is 3.21. The maximum atomic E-state index is 12.7. The summed E-state index contributed by atoms with van der Waals surface area (Å²) in [5.41, 5.74) is 1.55. The monoisotopic (exact) mass is 385 g/mol. The van der Waals surface area contributed by atoms with E-state index in [1.165, 1.54) is 0 Å². The number of amides is 1. The van der Waals surface area contributed by atoms with Crippen LogP contribution in [0.3, 0.4) is 0 Å². The van der Waals surface area contributed by atoms with Crippen molar-refractivity contribution in [2.45, 2.75) is 43.9 Å². The maximum Gasteiger partial charge on any atom is 0.241 e. The van der Waals surface area contributed by atoms with E-state index in [1.54, 1.807) is 16.4 Å². The third kappa shape index (κ3) is 4.16. The molecular formula is C17H24ClN3O3S. The van der Waals surface area contributed by atoms with E-state index < -0.39 is 21.3 Å². The Bertz CT molecular complexity index is 748. The Balaban J connectivity index is 1.61. The van der Waals surface area contributed by atoms with E-state index in [-0.39, 0.29) is 5.91 Å². The minimum Gasteiger partial charge on any atom is -0.325 e. The van der Waals surface area contributed by atoms with Crippen LogP contribution < -0.4 is 10.6 Å². The largest absolute Gasteiger partial charge is 0.325 e. The zero-order chi connectivity index (χ0) is 18.0. The second kappa shape index (κ2) is 7.61. The minimum atomic E-state index is -3.34. The first-order valence-electron chi connectivity index (χ1n) is 8.67. The molecule has 1 aromatic rings. The van der Waals surface area contributed by atoms with Gasteiger partial charge in [-0.3, -0.25) is 4.79 Å². The average molecular weight is 386 g/mol. The number of sulfonamides is 1. The average Bonchev–Trinajstić information content (AvgIpc) is 3.10. The van der Waals surface area contributed by atoms with Gasteiger partial charge in [0, 0.05) is 30.3 Å². The number of nitrogens with zero attached hydrogens (tertiary/aromatic N) is 1. The van der Waals surface area contributed by atoms with E-state index in [0.29, 0.717) is 36.8 Å². The zero-order valence-corrected chi connectivity index (χ0v) is 15.9. The van der Waals surface area contributed by atoms with E-state index in [2.05, 4.69) is 10.6 Å². The van der Waals surface area contributed by atoms with Crippen molar-refractivity contribution in [3.63, 3.8) is 0 Å². The molecule has 2 heterocycles. The van der Waals surface area contributed by atoms with Gasteiger partial charge in [0.15, 0.2) is 0 Å². The number of carbonyl (C=O) groups is 1. The van der Waals surface area contributed by atoms with Crippen molar-refractivity contribution < 1.29 is 13.2 Å². The lowest BCUT2D eigenvalue weighted by atomic mass is 10.2. The molecule has 0 saturated carbocycles. The molecule has 138 valence electrons. The topological polar surface area (TPSA) is 78.5 Å². The Morgan fingerprint density at radius 2 is 2.00 bits per heavy atom. The third-order valence-electron chi connectivity index (χ3n) is 4.94. The first-order valence-corrected chi connectivity index (χ1v) is 10.6. The molecule has 0 bridgehead atoms. The number of anilines is 1. The van der Waals surface area contributed by atoms with Crippen molar-refractivity contribution >= 4 is 33.2 Å². The van der Waals surface area contributed by atoms with Gasteiger partial charge in [-0.1, -0.05) is 24.1 Å². The molecule has 0 spiro atoms. The van der Waals surface area contributed by atoms with E-state index in [0.717, 1.165) is 24.8 Å². The normalized spacial score (nSPS) is 25.0. The van der Waals surface area contributed by atoms with Crippen LogP contribution in [-0.2, 0) is 14.8 Å². The van der Waals surface area contributed by atoms with Crippen LogP contribution in [0.25, 0.3) is 0 Å². The molecule has 0 aliphatic carbocycles. The summed E-state index contributed by atoms with van der Waals surface area (Å²) in [6, 6.07) is 4.82. The number of aryl methyl sites for hydroxylation is 1. The Morgan fingerprint density at radius 3 is 2.68 bits per heavy atom. The summed E-state index contributed by atoms with van der Waals surface area (Å²) in [7, 11) is -3.34. The second-order valence-corrected chi connectivity index (χ2v) is 9.40. The van der Waals surface area contributed by atoms with Gasteiger partial charge in [0.05, 0.1) is 11.3 Å². The molecule has 3 rings (SSSR count). The SMILES string of the molecule is Cc1ccc(NC(=O)C2CC(S(=O)(=O)N3CCCCC3)CN2)cc1Cl. The number of piperidine rings is 1. The number of rotatable bonds is 4. The van der Waals surface area contributed by atoms with Crippen LogP contribution in [0.15, 0.2) is 18.2 Å². The second-order valence-electron chi connectivity index (χ2n) is 6.78. The Labute approximate surface area is 154 Å². The minimum absolute atomic E-state index is 0.226. The molecule has 1 aromatic carbocycles. The lowest BCUT2D eigenvalue weighted by Crippen LogP contribution is -2.42. The van der Waals surface area contributed by atoms with Gasteiger partial charge in [-0.2, -0.15) is 0 Å². The predicted octanol–water partition coefficient (Wildman–Crippen LogP) is 2.13. The summed E-state index contributed by atoms with van der Waals surface area (Å²) in [4.78, 5) is 12.4. The lowest BCUT2D eigenvalue weighted by Gasteiger charge is -2.28. The third-order valence-corrected chi connectivity index (χ3v) is 7.64. The number of hydrogen-bond donors (Lipinski definition) is 2. The molecule has 2 aliphatic heterocycles. The summed E-state index contributed by atoms with van der Waals surface area (Å²) < 4.78 is 27.1. The maximum absolute atomic E-state index is 12.7. The van der Waals surface area contributed by atoms with Gasteiger partial charge in [0.25, 0.3) is 0 Å². The van der Waals surface area contributed by atoms with E-state index in [9.17, 15) is 13.2 Å².